The van der Waals surface area contributed by atoms with Crippen molar-refractivity contribution in [1.29, 1.82) is 0 Å². The monoisotopic (exact) mass is 268 g/mol. The maximum atomic E-state index is 12.9. The van der Waals surface area contributed by atoms with Gasteiger partial charge >= 0.3 is 0 Å². The van der Waals surface area contributed by atoms with E-state index in [-0.39, 0.29) is 16.5 Å². The molecular formula is C12H7ClF2N2O. The van der Waals surface area contributed by atoms with Crippen LogP contribution in [0.5, 0.6) is 0 Å². The van der Waals surface area contributed by atoms with Crippen LogP contribution in [0, 0.1) is 11.6 Å². The molecule has 3 nitrogen and oxygen atoms in total. The zero-order valence-electron chi connectivity index (χ0n) is 8.95. The fourth-order valence-electron chi connectivity index (χ4n) is 1.36. The van der Waals surface area contributed by atoms with Gasteiger partial charge in [0.15, 0.2) is 0 Å². The van der Waals surface area contributed by atoms with Crippen LogP contribution in [0.25, 0.3) is 0 Å². The molecular weight excluding hydrogens is 262 g/mol. The quantitative estimate of drug-likeness (QED) is 0.850. The number of anilines is 1. The number of nitrogens with zero attached hydrogens (tertiary/aromatic N) is 1. The lowest BCUT2D eigenvalue weighted by Gasteiger charge is -2.05. The van der Waals surface area contributed by atoms with Crippen molar-refractivity contribution in [2.75, 3.05) is 5.32 Å². The minimum atomic E-state index is -0.774. The fraction of sp³-hybridized carbons (Fsp3) is 0. The lowest BCUT2D eigenvalue weighted by atomic mass is 10.2. The summed E-state index contributed by atoms with van der Waals surface area (Å²) >= 11 is 5.63. The lowest BCUT2D eigenvalue weighted by molar-refractivity contribution is 0.102. The first-order valence-electron chi connectivity index (χ1n) is 4.94. The average molecular weight is 269 g/mol. The smallest absolute Gasteiger partial charge is 0.274 e. The van der Waals surface area contributed by atoms with Gasteiger partial charge in [0, 0.05) is 11.8 Å². The van der Waals surface area contributed by atoms with E-state index in [1.165, 1.54) is 12.1 Å². The van der Waals surface area contributed by atoms with E-state index in [4.69, 9.17) is 11.6 Å². The Balaban J connectivity index is 2.21. The van der Waals surface area contributed by atoms with E-state index >= 15 is 0 Å². The van der Waals surface area contributed by atoms with Crippen molar-refractivity contribution in [3.63, 3.8) is 0 Å². The van der Waals surface area contributed by atoms with Gasteiger partial charge < -0.3 is 5.32 Å². The molecule has 0 aliphatic carbocycles. The van der Waals surface area contributed by atoms with Gasteiger partial charge in [0.1, 0.15) is 22.5 Å². The Morgan fingerprint density at radius 3 is 2.44 bits per heavy atom. The molecule has 2 aromatic rings. The topological polar surface area (TPSA) is 42.0 Å². The van der Waals surface area contributed by atoms with Crippen LogP contribution in [-0.2, 0) is 0 Å². The number of nitrogens with one attached hydrogen (secondary N) is 1. The molecule has 0 saturated heterocycles. The van der Waals surface area contributed by atoms with E-state index in [0.717, 1.165) is 12.1 Å². The second-order valence-electron chi connectivity index (χ2n) is 3.46. The average Bonchev–Trinajstić information content (AvgIpc) is 2.27. The molecule has 2 rings (SSSR count). The van der Waals surface area contributed by atoms with Crippen LogP contribution in [0.15, 0.2) is 36.4 Å². The summed E-state index contributed by atoms with van der Waals surface area (Å²) < 4.78 is 25.8. The van der Waals surface area contributed by atoms with Crippen molar-refractivity contribution in [2.24, 2.45) is 0 Å². The zero-order valence-corrected chi connectivity index (χ0v) is 9.71. The van der Waals surface area contributed by atoms with E-state index in [1.807, 2.05) is 0 Å². The minimum absolute atomic E-state index is 0.0132. The third kappa shape index (κ3) is 3.01. The number of rotatable bonds is 2. The second-order valence-corrected chi connectivity index (χ2v) is 3.85. The van der Waals surface area contributed by atoms with Gasteiger partial charge in [-0.15, -0.1) is 0 Å². The molecule has 1 heterocycles. The molecule has 0 fully saturated rings. The minimum Gasteiger partial charge on any atom is -0.320 e. The van der Waals surface area contributed by atoms with Crippen LogP contribution in [0.1, 0.15) is 10.5 Å². The summed E-state index contributed by atoms with van der Waals surface area (Å²) in [7, 11) is 0. The molecule has 1 amide bonds. The summed E-state index contributed by atoms with van der Waals surface area (Å²) in [4.78, 5) is 15.5. The number of pyridine rings is 1. The van der Waals surface area contributed by atoms with Gasteiger partial charge in [0.2, 0.25) is 0 Å². The standard InChI is InChI=1S/C12H7ClF2N2O/c13-11-3-1-2-10(17-11)12(18)16-9-5-7(14)4-8(15)6-9/h1-6H,(H,16,18). The van der Waals surface area contributed by atoms with Crippen LogP contribution < -0.4 is 5.32 Å². The first kappa shape index (κ1) is 12.4. The third-order valence-electron chi connectivity index (χ3n) is 2.07. The van der Waals surface area contributed by atoms with E-state index in [2.05, 4.69) is 10.3 Å². The summed E-state index contributed by atoms with van der Waals surface area (Å²) in [5.74, 6) is -2.14. The Labute approximate surface area is 106 Å². The summed E-state index contributed by atoms with van der Waals surface area (Å²) in [5.41, 5.74) is 0.0754. The molecule has 6 heteroatoms. The molecule has 18 heavy (non-hydrogen) atoms. The molecule has 0 aliphatic rings. The zero-order chi connectivity index (χ0) is 13.1. The maximum Gasteiger partial charge on any atom is 0.274 e. The molecule has 0 atom stereocenters. The molecule has 92 valence electrons. The van der Waals surface area contributed by atoms with Crippen molar-refractivity contribution in [1.82, 2.24) is 4.98 Å². The fourth-order valence-corrected chi connectivity index (χ4v) is 1.52. The largest absolute Gasteiger partial charge is 0.320 e. The highest BCUT2D eigenvalue weighted by molar-refractivity contribution is 6.29. The predicted octanol–water partition coefficient (Wildman–Crippen LogP) is 3.27. The van der Waals surface area contributed by atoms with E-state index < -0.39 is 17.5 Å². The van der Waals surface area contributed by atoms with Crippen LogP contribution in [0.3, 0.4) is 0 Å². The number of hydrogen-bond acceptors (Lipinski definition) is 2. The molecule has 0 radical (unpaired) electrons. The van der Waals surface area contributed by atoms with Gasteiger partial charge in [-0.2, -0.15) is 0 Å². The first-order chi connectivity index (χ1) is 8.54. The van der Waals surface area contributed by atoms with Gasteiger partial charge in [-0.1, -0.05) is 17.7 Å². The Morgan fingerprint density at radius 1 is 1.17 bits per heavy atom. The van der Waals surface area contributed by atoms with Crippen molar-refractivity contribution >= 4 is 23.2 Å². The van der Waals surface area contributed by atoms with Crippen LogP contribution >= 0.6 is 11.6 Å². The van der Waals surface area contributed by atoms with E-state index in [9.17, 15) is 13.6 Å². The molecule has 1 aromatic heterocycles. The van der Waals surface area contributed by atoms with Gasteiger partial charge in [-0.05, 0) is 24.3 Å². The molecule has 1 N–H and O–H groups in total. The van der Waals surface area contributed by atoms with Crippen molar-refractivity contribution in [2.45, 2.75) is 0 Å². The summed E-state index contributed by atoms with van der Waals surface area (Å²) in [5, 5.41) is 2.49. The molecule has 0 saturated carbocycles. The molecule has 0 aliphatic heterocycles. The Kier molecular flexibility index (Phi) is 3.53. The summed E-state index contributed by atoms with van der Waals surface area (Å²) in [6.07, 6.45) is 0. The molecule has 1 aromatic carbocycles. The van der Waals surface area contributed by atoms with Crippen molar-refractivity contribution in [3.8, 4) is 0 Å². The van der Waals surface area contributed by atoms with Crippen molar-refractivity contribution < 1.29 is 13.6 Å². The number of carbonyl (C=O) groups excluding carboxylic acids is 1. The number of aromatic nitrogens is 1. The Morgan fingerprint density at radius 2 is 1.83 bits per heavy atom. The number of carbonyl (C=O) groups is 1. The summed E-state index contributed by atoms with van der Waals surface area (Å²) in [6.45, 7) is 0. The number of amides is 1. The molecule has 0 spiro atoms. The van der Waals surface area contributed by atoms with Crippen molar-refractivity contribution in [3.05, 3.63) is 58.9 Å². The van der Waals surface area contributed by atoms with Gasteiger partial charge in [-0.3, -0.25) is 4.79 Å². The van der Waals surface area contributed by atoms with E-state index in [1.54, 1.807) is 6.07 Å². The van der Waals surface area contributed by atoms with E-state index in [0.29, 0.717) is 6.07 Å². The van der Waals surface area contributed by atoms with Gasteiger partial charge in [-0.25, -0.2) is 13.8 Å². The highest BCUT2D eigenvalue weighted by atomic mass is 35.5. The second kappa shape index (κ2) is 5.10. The number of benzene rings is 1. The third-order valence-corrected chi connectivity index (χ3v) is 2.28. The Hall–Kier alpha value is -2.01. The number of hydrogen-bond donors (Lipinski definition) is 1. The lowest BCUT2D eigenvalue weighted by Crippen LogP contribution is -2.13. The van der Waals surface area contributed by atoms with Gasteiger partial charge in [0.05, 0.1) is 0 Å². The van der Waals surface area contributed by atoms with Gasteiger partial charge in [0.25, 0.3) is 5.91 Å². The normalized spacial score (nSPS) is 10.2. The SMILES string of the molecule is O=C(Nc1cc(F)cc(F)c1)c1cccc(Cl)n1. The summed E-state index contributed by atoms with van der Waals surface area (Å²) in [6, 6.07) is 7.23. The molecule has 0 bridgehead atoms. The highest BCUT2D eigenvalue weighted by Gasteiger charge is 2.09. The highest BCUT2D eigenvalue weighted by Crippen LogP contribution is 2.14. The van der Waals surface area contributed by atoms with Crippen LogP contribution in [0.4, 0.5) is 14.5 Å². The van der Waals surface area contributed by atoms with Crippen LogP contribution in [0.2, 0.25) is 5.15 Å². The molecule has 0 unspecified atom stereocenters. The predicted molar refractivity (Wildman–Crippen MR) is 63.6 cm³/mol. The maximum absolute atomic E-state index is 12.9. The van der Waals surface area contributed by atoms with Crippen LogP contribution in [-0.4, -0.2) is 10.9 Å². The first-order valence-corrected chi connectivity index (χ1v) is 5.32. The Bertz CT molecular complexity index is 584. The number of halogens is 3.